The van der Waals surface area contributed by atoms with Crippen LogP contribution in [0, 0.1) is 5.92 Å². The van der Waals surface area contributed by atoms with Crippen molar-refractivity contribution in [1.82, 2.24) is 15.1 Å². The second-order valence-corrected chi connectivity index (χ2v) is 6.81. The Hall–Kier alpha value is -2.08. The van der Waals surface area contributed by atoms with Gasteiger partial charge in [0, 0.05) is 26.2 Å². The van der Waals surface area contributed by atoms with Gasteiger partial charge in [0.25, 0.3) is 0 Å². The number of hydrogen-bond donors (Lipinski definition) is 1. The molecule has 1 aromatic rings. The molecule has 0 spiro atoms. The molecule has 3 rings (SSSR count). The molecule has 136 valence electrons. The van der Waals surface area contributed by atoms with Gasteiger partial charge < -0.3 is 19.9 Å². The van der Waals surface area contributed by atoms with Gasteiger partial charge in [0.05, 0.1) is 25.0 Å². The molecule has 0 radical (unpaired) electrons. The number of nitrogens with one attached hydrogen (secondary N) is 1. The Morgan fingerprint density at radius 2 is 1.92 bits per heavy atom. The highest BCUT2D eigenvalue weighted by Gasteiger charge is 2.36. The predicted molar refractivity (Wildman–Crippen MR) is 95.4 cm³/mol. The van der Waals surface area contributed by atoms with Gasteiger partial charge in [-0.2, -0.15) is 0 Å². The summed E-state index contributed by atoms with van der Waals surface area (Å²) in [5.74, 6) is 0.840. The molecule has 0 aliphatic carbocycles. The van der Waals surface area contributed by atoms with E-state index in [1.807, 2.05) is 36.1 Å². The summed E-state index contributed by atoms with van der Waals surface area (Å²) in [5, 5.41) is 3.08. The lowest BCUT2D eigenvalue weighted by Gasteiger charge is -2.32. The zero-order chi connectivity index (χ0) is 17.8. The number of carbonyl (C=O) groups excluding carboxylic acids is 2. The molecule has 2 aliphatic rings. The minimum atomic E-state index is -0.142. The number of likely N-dealkylation sites (N-methyl/N-ethyl adjacent to an activating group) is 1. The van der Waals surface area contributed by atoms with Crippen molar-refractivity contribution in [3.63, 3.8) is 0 Å². The summed E-state index contributed by atoms with van der Waals surface area (Å²) < 4.78 is 5.44. The van der Waals surface area contributed by atoms with Gasteiger partial charge in [-0.25, -0.2) is 0 Å². The van der Waals surface area contributed by atoms with Crippen LogP contribution in [0.4, 0.5) is 0 Å². The standard InChI is InChI=1S/C19H27N3O3/c1-3-21-10-15-11-22(13-16(12-21)20-19(15)24)18(23)9-14-5-7-17(8-6-14)25-4-2/h5-8,15-16H,3-4,9-13H2,1-2H3,(H,20,24). The lowest BCUT2D eigenvalue weighted by molar-refractivity contribution is -0.132. The van der Waals surface area contributed by atoms with E-state index < -0.39 is 0 Å². The number of benzene rings is 1. The first-order valence-electron chi connectivity index (χ1n) is 9.11. The number of fused-ring (bicyclic) bond motifs is 3. The van der Waals surface area contributed by atoms with E-state index in [4.69, 9.17) is 4.74 Å². The van der Waals surface area contributed by atoms with Crippen LogP contribution in [0.1, 0.15) is 19.4 Å². The van der Waals surface area contributed by atoms with E-state index in [0.717, 1.165) is 30.9 Å². The quantitative estimate of drug-likeness (QED) is 0.862. The van der Waals surface area contributed by atoms with Crippen LogP contribution in [0.2, 0.25) is 0 Å². The van der Waals surface area contributed by atoms with Crippen molar-refractivity contribution < 1.29 is 14.3 Å². The molecule has 1 N–H and O–H groups in total. The van der Waals surface area contributed by atoms with Gasteiger partial charge in [0.2, 0.25) is 11.8 Å². The molecule has 2 aliphatic heterocycles. The second-order valence-electron chi connectivity index (χ2n) is 6.81. The molecule has 1 aromatic carbocycles. The Labute approximate surface area is 149 Å². The fourth-order valence-electron chi connectivity index (χ4n) is 3.61. The normalized spacial score (nSPS) is 23.8. The maximum absolute atomic E-state index is 12.8. The molecule has 2 bridgehead atoms. The average Bonchev–Trinajstić information content (AvgIpc) is 2.83. The lowest BCUT2D eigenvalue weighted by atomic mass is 10.1. The fourth-order valence-corrected chi connectivity index (χ4v) is 3.61. The van der Waals surface area contributed by atoms with E-state index in [0.29, 0.717) is 26.1 Å². The first-order valence-corrected chi connectivity index (χ1v) is 9.11. The maximum atomic E-state index is 12.8. The van der Waals surface area contributed by atoms with Crippen LogP contribution in [0.5, 0.6) is 5.75 Å². The molecule has 2 amide bonds. The molecule has 0 saturated carbocycles. The van der Waals surface area contributed by atoms with Crippen LogP contribution in [0.25, 0.3) is 0 Å². The molecule has 0 aromatic heterocycles. The maximum Gasteiger partial charge on any atom is 0.227 e. The first-order chi connectivity index (χ1) is 12.1. The summed E-state index contributed by atoms with van der Waals surface area (Å²) in [6.07, 6.45) is 0.359. The summed E-state index contributed by atoms with van der Waals surface area (Å²) in [4.78, 5) is 29.2. The van der Waals surface area contributed by atoms with Crippen LogP contribution in [-0.4, -0.2) is 67.0 Å². The predicted octanol–water partition coefficient (Wildman–Crippen LogP) is 0.907. The number of nitrogens with zero attached hydrogens (tertiary/aromatic N) is 2. The third kappa shape index (κ3) is 4.31. The molecule has 2 heterocycles. The van der Waals surface area contributed by atoms with Crippen molar-refractivity contribution in [2.45, 2.75) is 26.3 Å². The zero-order valence-electron chi connectivity index (χ0n) is 15.0. The summed E-state index contributed by atoms with van der Waals surface area (Å²) in [5.41, 5.74) is 0.970. The summed E-state index contributed by atoms with van der Waals surface area (Å²) in [6.45, 7) is 8.26. The Morgan fingerprint density at radius 1 is 1.16 bits per heavy atom. The monoisotopic (exact) mass is 345 g/mol. The molecule has 6 nitrogen and oxygen atoms in total. The van der Waals surface area contributed by atoms with Crippen molar-refractivity contribution in [2.75, 3.05) is 39.3 Å². The largest absolute Gasteiger partial charge is 0.494 e. The van der Waals surface area contributed by atoms with Crippen molar-refractivity contribution in [1.29, 1.82) is 0 Å². The van der Waals surface area contributed by atoms with E-state index in [9.17, 15) is 9.59 Å². The number of ether oxygens (including phenoxy) is 1. The van der Waals surface area contributed by atoms with Crippen LogP contribution in [0.15, 0.2) is 24.3 Å². The number of amides is 2. The first kappa shape index (κ1) is 17.7. The molecule has 2 fully saturated rings. The van der Waals surface area contributed by atoms with Crippen molar-refractivity contribution in [3.8, 4) is 5.75 Å². The minimum Gasteiger partial charge on any atom is -0.494 e. The molecule has 6 heteroatoms. The lowest BCUT2D eigenvalue weighted by Crippen LogP contribution is -2.49. The van der Waals surface area contributed by atoms with Gasteiger partial charge in [-0.15, -0.1) is 0 Å². The Balaban J connectivity index is 1.65. The Morgan fingerprint density at radius 3 is 2.60 bits per heavy atom. The Bertz CT molecular complexity index is 617. The summed E-state index contributed by atoms with van der Waals surface area (Å²) >= 11 is 0. The third-order valence-electron chi connectivity index (χ3n) is 4.95. The highest BCUT2D eigenvalue weighted by Crippen LogP contribution is 2.18. The molecular weight excluding hydrogens is 318 g/mol. The van der Waals surface area contributed by atoms with Gasteiger partial charge in [0.15, 0.2) is 0 Å². The molecular formula is C19H27N3O3. The van der Waals surface area contributed by atoms with E-state index in [2.05, 4.69) is 17.1 Å². The van der Waals surface area contributed by atoms with Crippen LogP contribution < -0.4 is 10.1 Å². The molecule has 2 atom stereocenters. The Kier molecular flexibility index (Phi) is 5.58. The second kappa shape index (κ2) is 7.87. The molecule has 2 unspecified atom stereocenters. The van der Waals surface area contributed by atoms with Gasteiger partial charge >= 0.3 is 0 Å². The van der Waals surface area contributed by atoms with E-state index in [-0.39, 0.29) is 23.8 Å². The van der Waals surface area contributed by atoms with Crippen LogP contribution in [-0.2, 0) is 16.0 Å². The van der Waals surface area contributed by atoms with Gasteiger partial charge in [-0.1, -0.05) is 19.1 Å². The topological polar surface area (TPSA) is 61.9 Å². The van der Waals surface area contributed by atoms with Gasteiger partial charge in [0.1, 0.15) is 5.75 Å². The third-order valence-corrected chi connectivity index (χ3v) is 4.95. The number of hydrogen-bond acceptors (Lipinski definition) is 4. The average molecular weight is 345 g/mol. The van der Waals surface area contributed by atoms with Crippen molar-refractivity contribution in [3.05, 3.63) is 29.8 Å². The number of carbonyl (C=O) groups is 2. The van der Waals surface area contributed by atoms with E-state index in [1.54, 1.807) is 0 Å². The van der Waals surface area contributed by atoms with E-state index in [1.165, 1.54) is 0 Å². The molecule has 2 saturated heterocycles. The smallest absolute Gasteiger partial charge is 0.227 e. The zero-order valence-corrected chi connectivity index (χ0v) is 15.0. The highest BCUT2D eigenvalue weighted by atomic mass is 16.5. The number of rotatable bonds is 5. The fraction of sp³-hybridized carbons (Fsp3) is 0.579. The van der Waals surface area contributed by atoms with Gasteiger partial charge in [-0.3, -0.25) is 9.59 Å². The van der Waals surface area contributed by atoms with Crippen LogP contribution in [0.3, 0.4) is 0 Å². The SMILES string of the molecule is CCOc1ccc(CC(=O)N2CC3CN(CC)CC(C2)C(=O)N3)cc1. The van der Waals surface area contributed by atoms with Crippen LogP contribution >= 0.6 is 0 Å². The minimum absolute atomic E-state index is 0.0178. The van der Waals surface area contributed by atoms with E-state index >= 15 is 0 Å². The summed E-state index contributed by atoms with van der Waals surface area (Å²) in [7, 11) is 0. The molecule has 25 heavy (non-hydrogen) atoms. The van der Waals surface area contributed by atoms with Crippen molar-refractivity contribution >= 4 is 11.8 Å². The van der Waals surface area contributed by atoms with Gasteiger partial charge in [-0.05, 0) is 31.2 Å². The summed E-state index contributed by atoms with van der Waals surface area (Å²) in [6, 6.07) is 7.68. The van der Waals surface area contributed by atoms with Crippen molar-refractivity contribution in [2.24, 2.45) is 5.92 Å². The highest BCUT2D eigenvalue weighted by molar-refractivity contribution is 5.83.